The summed E-state index contributed by atoms with van der Waals surface area (Å²) in [4.78, 5) is 11.2. The topological polar surface area (TPSA) is 61.8 Å². The van der Waals surface area contributed by atoms with Crippen LogP contribution in [0.4, 0.5) is 5.82 Å². The summed E-state index contributed by atoms with van der Waals surface area (Å²) in [7, 11) is 1.80. The van der Waals surface area contributed by atoms with Crippen LogP contribution in [0.15, 0.2) is 40.1 Å². The maximum Gasteiger partial charge on any atom is 0.191 e. The zero-order chi connectivity index (χ0) is 19.1. The molecular weight excluding hydrogens is 358 g/mol. The Balaban J connectivity index is 1.46. The van der Waals surface area contributed by atoms with Gasteiger partial charge in [0, 0.05) is 39.4 Å². The molecule has 27 heavy (non-hydrogen) atoms. The second kappa shape index (κ2) is 9.71. The molecule has 2 atom stereocenters. The molecule has 2 unspecified atom stereocenters. The standard InChI is InChI=1S/C20H29N5OS/c1-15(18-6-9-27-14-18)10-23-20(21-3)24-12-17-4-5-19(22-11-17)25-7-8-26-16(2)13-25/h4-6,9,11,14-16H,7-8,10,12-13H2,1-3H3,(H2,21,23,24). The summed E-state index contributed by atoms with van der Waals surface area (Å²) in [6.07, 6.45) is 2.19. The fourth-order valence-electron chi connectivity index (χ4n) is 3.06. The maximum absolute atomic E-state index is 5.59. The molecule has 7 heteroatoms. The summed E-state index contributed by atoms with van der Waals surface area (Å²) in [5.41, 5.74) is 2.49. The minimum absolute atomic E-state index is 0.257. The predicted octanol–water partition coefficient (Wildman–Crippen LogP) is 2.84. The Labute approximate surface area is 165 Å². The number of morpholine rings is 1. The van der Waals surface area contributed by atoms with Crippen LogP contribution in [0, 0.1) is 0 Å². The summed E-state index contributed by atoms with van der Waals surface area (Å²) < 4.78 is 5.59. The van der Waals surface area contributed by atoms with Crippen LogP contribution in [0.25, 0.3) is 0 Å². The first kappa shape index (κ1) is 19.6. The van der Waals surface area contributed by atoms with Crippen LogP contribution in [0.3, 0.4) is 0 Å². The molecule has 1 saturated heterocycles. The number of hydrogen-bond donors (Lipinski definition) is 2. The first-order valence-corrected chi connectivity index (χ1v) is 10.4. The van der Waals surface area contributed by atoms with Crippen molar-refractivity contribution >= 4 is 23.1 Å². The average molecular weight is 388 g/mol. The number of aliphatic imine (C=N–C) groups is 1. The molecule has 3 heterocycles. The number of ether oxygens (including phenoxy) is 1. The van der Waals surface area contributed by atoms with Crippen molar-refractivity contribution in [3.8, 4) is 0 Å². The van der Waals surface area contributed by atoms with Gasteiger partial charge in [0.05, 0.1) is 12.7 Å². The molecule has 2 aromatic heterocycles. The highest BCUT2D eigenvalue weighted by Crippen LogP contribution is 2.17. The van der Waals surface area contributed by atoms with E-state index < -0.39 is 0 Å². The van der Waals surface area contributed by atoms with Crippen LogP contribution in [-0.2, 0) is 11.3 Å². The Bertz CT molecular complexity index is 716. The molecule has 146 valence electrons. The summed E-state index contributed by atoms with van der Waals surface area (Å²) in [6, 6.07) is 6.39. The van der Waals surface area contributed by atoms with E-state index in [0.29, 0.717) is 12.5 Å². The average Bonchev–Trinajstić information content (AvgIpc) is 3.23. The minimum atomic E-state index is 0.257. The van der Waals surface area contributed by atoms with Crippen LogP contribution in [0.5, 0.6) is 0 Å². The van der Waals surface area contributed by atoms with Crippen LogP contribution in [-0.4, -0.2) is 50.3 Å². The van der Waals surface area contributed by atoms with E-state index in [0.717, 1.165) is 43.6 Å². The fraction of sp³-hybridized carbons (Fsp3) is 0.500. The second-order valence-corrected chi connectivity index (χ2v) is 7.70. The van der Waals surface area contributed by atoms with Crippen molar-refractivity contribution in [2.24, 2.45) is 4.99 Å². The summed E-state index contributed by atoms with van der Waals surface area (Å²) in [5, 5.41) is 11.1. The number of aromatic nitrogens is 1. The zero-order valence-electron chi connectivity index (χ0n) is 16.3. The number of guanidine groups is 1. The van der Waals surface area contributed by atoms with Crippen molar-refractivity contribution in [2.45, 2.75) is 32.4 Å². The molecule has 1 aliphatic rings. The van der Waals surface area contributed by atoms with Crippen molar-refractivity contribution in [1.29, 1.82) is 0 Å². The van der Waals surface area contributed by atoms with Gasteiger partial charge in [0.2, 0.25) is 0 Å². The Morgan fingerprint density at radius 1 is 1.41 bits per heavy atom. The van der Waals surface area contributed by atoms with Gasteiger partial charge in [-0.15, -0.1) is 0 Å². The fourth-order valence-corrected chi connectivity index (χ4v) is 3.85. The third-order valence-corrected chi connectivity index (χ3v) is 5.45. The van der Waals surface area contributed by atoms with Crippen LogP contribution >= 0.6 is 11.3 Å². The van der Waals surface area contributed by atoms with Crippen LogP contribution in [0.1, 0.15) is 30.9 Å². The predicted molar refractivity (Wildman–Crippen MR) is 113 cm³/mol. The van der Waals surface area contributed by atoms with E-state index in [1.165, 1.54) is 5.56 Å². The molecule has 0 amide bonds. The molecule has 3 rings (SSSR count). The Morgan fingerprint density at radius 2 is 2.30 bits per heavy atom. The van der Waals surface area contributed by atoms with E-state index in [4.69, 9.17) is 4.74 Å². The third-order valence-electron chi connectivity index (χ3n) is 4.75. The van der Waals surface area contributed by atoms with E-state index >= 15 is 0 Å². The van der Waals surface area contributed by atoms with Crippen LogP contribution < -0.4 is 15.5 Å². The Kier molecular flexibility index (Phi) is 7.06. The lowest BCUT2D eigenvalue weighted by Crippen LogP contribution is -2.41. The van der Waals surface area contributed by atoms with Gasteiger partial charge in [-0.05, 0) is 46.9 Å². The molecule has 2 aromatic rings. The highest BCUT2D eigenvalue weighted by molar-refractivity contribution is 7.07. The molecule has 0 radical (unpaired) electrons. The molecule has 2 N–H and O–H groups in total. The lowest BCUT2D eigenvalue weighted by molar-refractivity contribution is 0.0529. The molecule has 0 aromatic carbocycles. The lowest BCUT2D eigenvalue weighted by Gasteiger charge is -2.32. The number of nitrogens with one attached hydrogen (secondary N) is 2. The second-order valence-electron chi connectivity index (χ2n) is 6.92. The normalized spacial score (nSPS) is 19.0. The number of nitrogens with zero attached hydrogens (tertiary/aromatic N) is 3. The molecule has 0 aliphatic carbocycles. The van der Waals surface area contributed by atoms with Crippen molar-refractivity contribution in [1.82, 2.24) is 15.6 Å². The molecular formula is C20H29N5OS. The zero-order valence-corrected chi connectivity index (χ0v) is 17.1. The van der Waals surface area contributed by atoms with Crippen molar-refractivity contribution in [3.05, 3.63) is 46.3 Å². The number of rotatable bonds is 6. The van der Waals surface area contributed by atoms with Crippen LogP contribution in [0.2, 0.25) is 0 Å². The largest absolute Gasteiger partial charge is 0.375 e. The van der Waals surface area contributed by atoms with E-state index in [-0.39, 0.29) is 6.10 Å². The molecule has 1 fully saturated rings. The number of thiophene rings is 1. The van der Waals surface area contributed by atoms with Crippen molar-refractivity contribution in [3.63, 3.8) is 0 Å². The molecule has 0 spiro atoms. The van der Waals surface area contributed by atoms with Gasteiger partial charge in [0.1, 0.15) is 5.82 Å². The van der Waals surface area contributed by atoms with E-state index in [9.17, 15) is 0 Å². The Morgan fingerprint density at radius 3 is 2.96 bits per heavy atom. The van der Waals surface area contributed by atoms with Gasteiger partial charge < -0.3 is 20.3 Å². The monoisotopic (exact) mass is 387 g/mol. The number of hydrogen-bond acceptors (Lipinski definition) is 5. The van der Waals surface area contributed by atoms with Gasteiger partial charge >= 0.3 is 0 Å². The van der Waals surface area contributed by atoms with E-state index in [2.05, 4.69) is 68.3 Å². The Hall–Kier alpha value is -2.12. The smallest absolute Gasteiger partial charge is 0.191 e. The quantitative estimate of drug-likeness (QED) is 0.590. The molecule has 0 bridgehead atoms. The first-order chi connectivity index (χ1) is 13.2. The first-order valence-electron chi connectivity index (χ1n) is 9.44. The van der Waals surface area contributed by atoms with Crippen molar-refractivity contribution < 1.29 is 4.74 Å². The summed E-state index contributed by atoms with van der Waals surface area (Å²) >= 11 is 1.74. The molecule has 0 saturated carbocycles. The van der Waals surface area contributed by atoms with Crippen molar-refractivity contribution in [2.75, 3.05) is 38.2 Å². The van der Waals surface area contributed by atoms with Gasteiger partial charge in [-0.3, -0.25) is 4.99 Å². The van der Waals surface area contributed by atoms with Gasteiger partial charge in [-0.2, -0.15) is 11.3 Å². The highest BCUT2D eigenvalue weighted by Gasteiger charge is 2.17. The number of pyridine rings is 1. The van der Waals surface area contributed by atoms with E-state index in [1.54, 1.807) is 18.4 Å². The van der Waals surface area contributed by atoms with Gasteiger partial charge in [0.25, 0.3) is 0 Å². The number of anilines is 1. The lowest BCUT2D eigenvalue weighted by atomic mass is 10.1. The highest BCUT2D eigenvalue weighted by atomic mass is 32.1. The van der Waals surface area contributed by atoms with Gasteiger partial charge in [-0.25, -0.2) is 4.98 Å². The van der Waals surface area contributed by atoms with E-state index in [1.807, 2.05) is 6.20 Å². The summed E-state index contributed by atoms with van der Waals surface area (Å²) in [6.45, 7) is 8.41. The third kappa shape index (κ3) is 5.68. The SMILES string of the molecule is CN=C(NCc1ccc(N2CCOC(C)C2)nc1)NCC(C)c1ccsc1. The maximum atomic E-state index is 5.59. The summed E-state index contributed by atoms with van der Waals surface area (Å²) in [5.74, 6) is 2.27. The molecule has 1 aliphatic heterocycles. The minimum Gasteiger partial charge on any atom is -0.375 e. The molecule has 6 nitrogen and oxygen atoms in total. The van der Waals surface area contributed by atoms with Gasteiger partial charge in [-0.1, -0.05) is 13.0 Å². The van der Waals surface area contributed by atoms with Gasteiger partial charge in [0.15, 0.2) is 5.96 Å².